The van der Waals surface area contributed by atoms with E-state index >= 15 is 0 Å². The van der Waals surface area contributed by atoms with Gasteiger partial charge in [-0.25, -0.2) is 9.97 Å². The highest BCUT2D eigenvalue weighted by Gasteiger charge is 2.48. The number of alkyl halides is 2. The van der Waals surface area contributed by atoms with Crippen molar-refractivity contribution < 1.29 is 18.3 Å². The summed E-state index contributed by atoms with van der Waals surface area (Å²) in [5.74, 6) is -2.62. The number of halogens is 2. The lowest BCUT2D eigenvalue weighted by Crippen LogP contribution is -2.33. The fourth-order valence-corrected chi connectivity index (χ4v) is 4.06. The Hall–Kier alpha value is -2.22. The first-order valence-electron chi connectivity index (χ1n) is 8.86. The van der Waals surface area contributed by atoms with Gasteiger partial charge in [-0.2, -0.15) is 8.78 Å². The molecule has 1 saturated carbocycles. The topological polar surface area (TPSA) is 64.1 Å². The van der Waals surface area contributed by atoms with Crippen LogP contribution in [0.15, 0.2) is 23.4 Å². The van der Waals surface area contributed by atoms with Crippen LogP contribution in [-0.2, 0) is 12.3 Å². The molecule has 0 atom stereocenters. The Kier molecular flexibility index (Phi) is 3.53. The summed E-state index contributed by atoms with van der Waals surface area (Å²) >= 11 is 1.24. The van der Waals surface area contributed by atoms with Gasteiger partial charge >= 0.3 is 0 Å². The number of ether oxygens (including phenoxy) is 1. The number of rotatable bonds is 2. The number of amides is 1. The van der Waals surface area contributed by atoms with Crippen LogP contribution in [0.2, 0.25) is 0 Å². The molecule has 2 aromatic rings. The van der Waals surface area contributed by atoms with Crippen molar-refractivity contribution in [1.29, 1.82) is 0 Å². The van der Waals surface area contributed by atoms with Crippen molar-refractivity contribution in [3.63, 3.8) is 0 Å². The highest BCUT2D eigenvalue weighted by Crippen LogP contribution is 2.46. The van der Waals surface area contributed by atoms with E-state index in [0.717, 1.165) is 12.8 Å². The van der Waals surface area contributed by atoms with Crippen LogP contribution in [0.1, 0.15) is 40.9 Å². The number of hydrogen-bond acceptors (Lipinski definition) is 5. The van der Waals surface area contributed by atoms with E-state index in [0.29, 0.717) is 39.8 Å². The fraction of sp³-hybridized carbons (Fsp3) is 0.421. The van der Waals surface area contributed by atoms with Gasteiger partial charge in [-0.15, -0.1) is 0 Å². The minimum absolute atomic E-state index is 0.176. The predicted octanol–water partition coefficient (Wildman–Crippen LogP) is 3.56. The average Bonchev–Trinajstić information content (AvgIpc) is 3.38. The summed E-state index contributed by atoms with van der Waals surface area (Å²) < 4.78 is 34.6. The third-order valence-electron chi connectivity index (χ3n) is 5.41. The lowest BCUT2D eigenvalue weighted by atomic mass is 10.0. The first-order chi connectivity index (χ1) is 12.9. The minimum Gasteiger partial charge on any atom is -0.485 e. The summed E-state index contributed by atoms with van der Waals surface area (Å²) in [6.07, 6.45) is 3.52. The number of hydrogen-bond donors (Lipinski definition) is 1. The minimum atomic E-state index is -2.93. The van der Waals surface area contributed by atoms with Crippen molar-refractivity contribution in [2.75, 3.05) is 12.8 Å². The van der Waals surface area contributed by atoms with Crippen molar-refractivity contribution in [2.24, 2.45) is 0 Å². The monoisotopic (exact) mass is 389 g/mol. The molecule has 0 saturated heterocycles. The van der Waals surface area contributed by atoms with Crippen LogP contribution in [-0.4, -0.2) is 34.3 Å². The smallest absolute Gasteiger partial charge is 0.290 e. The molecule has 0 bridgehead atoms. The van der Waals surface area contributed by atoms with Crippen molar-refractivity contribution in [3.05, 3.63) is 35.0 Å². The van der Waals surface area contributed by atoms with Crippen LogP contribution >= 0.6 is 11.8 Å². The van der Waals surface area contributed by atoms with Crippen LogP contribution in [0.5, 0.6) is 5.75 Å². The highest BCUT2D eigenvalue weighted by molar-refractivity contribution is 7.98. The van der Waals surface area contributed by atoms with E-state index in [4.69, 9.17) is 4.74 Å². The summed E-state index contributed by atoms with van der Waals surface area (Å²) in [6, 6.07) is 5.18. The fourth-order valence-electron chi connectivity index (χ4n) is 3.70. The molecular weight excluding hydrogens is 372 g/mol. The molecule has 2 aliphatic carbocycles. The Morgan fingerprint density at radius 1 is 1.22 bits per heavy atom. The van der Waals surface area contributed by atoms with E-state index in [1.54, 1.807) is 24.5 Å². The van der Waals surface area contributed by atoms with Crippen molar-refractivity contribution in [1.82, 2.24) is 15.3 Å². The Bertz CT molecular complexity index is 976. The third-order valence-corrected chi connectivity index (χ3v) is 5.96. The zero-order valence-corrected chi connectivity index (χ0v) is 15.5. The molecule has 3 aliphatic rings. The molecular formula is C19H17F2N3O2S. The van der Waals surface area contributed by atoms with Crippen LogP contribution < -0.4 is 10.1 Å². The van der Waals surface area contributed by atoms with Crippen molar-refractivity contribution >= 4 is 17.7 Å². The molecule has 27 heavy (non-hydrogen) atoms. The second-order valence-electron chi connectivity index (χ2n) is 7.27. The van der Waals surface area contributed by atoms with Crippen LogP contribution in [0.3, 0.4) is 0 Å². The lowest BCUT2D eigenvalue weighted by molar-refractivity contribution is -0.00650. The number of thioether (sulfide) groups is 1. The summed E-state index contributed by atoms with van der Waals surface area (Å²) in [6.45, 7) is 0.488. The molecule has 0 unspecified atom stereocenters. The van der Waals surface area contributed by atoms with E-state index < -0.39 is 5.92 Å². The maximum Gasteiger partial charge on any atom is 0.290 e. The van der Waals surface area contributed by atoms with E-state index in [1.165, 1.54) is 11.8 Å². The van der Waals surface area contributed by atoms with Crippen molar-refractivity contribution in [2.45, 2.75) is 42.4 Å². The molecule has 8 heteroatoms. The van der Waals surface area contributed by atoms with Gasteiger partial charge in [-0.05, 0) is 37.7 Å². The lowest BCUT2D eigenvalue weighted by Gasteiger charge is -2.16. The Balaban J connectivity index is 1.65. The number of nitrogens with zero attached hydrogens (tertiary/aromatic N) is 2. The largest absolute Gasteiger partial charge is 0.485 e. The summed E-state index contributed by atoms with van der Waals surface area (Å²) in [5.41, 5.74) is 1.61. The van der Waals surface area contributed by atoms with Gasteiger partial charge in [0.25, 0.3) is 11.8 Å². The second kappa shape index (κ2) is 5.64. The molecule has 1 amide bonds. The summed E-state index contributed by atoms with van der Waals surface area (Å²) in [5, 5.41) is 3.21. The third kappa shape index (κ3) is 2.69. The predicted molar refractivity (Wildman–Crippen MR) is 96.4 cm³/mol. The normalized spacial score (nSPS) is 21.1. The second-order valence-corrected chi connectivity index (χ2v) is 8.04. The number of benzene rings is 1. The first-order valence-corrected chi connectivity index (χ1v) is 10.1. The van der Waals surface area contributed by atoms with Gasteiger partial charge in [0.05, 0.1) is 17.8 Å². The molecule has 2 heterocycles. The molecule has 140 valence electrons. The van der Waals surface area contributed by atoms with E-state index in [-0.39, 0.29) is 30.0 Å². The molecule has 1 aromatic heterocycles. The van der Waals surface area contributed by atoms with Gasteiger partial charge in [0, 0.05) is 17.5 Å². The van der Waals surface area contributed by atoms with E-state index in [2.05, 4.69) is 15.3 Å². The van der Waals surface area contributed by atoms with Gasteiger partial charge in [0.15, 0.2) is 5.16 Å². The van der Waals surface area contributed by atoms with Gasteiger partial charge < -0.3 is 10.1 Å². The molecule has 5 nitrogen and oxygen atoms in total. The van der Waals surface area contributed by atoms with Crippen molar-refractivity contribution in [3.8, 4) is 17.0 Å². The molecule has 1 fully saturated rings. The number of carbonyl (C=O) groups is 1. The Labute approximate surface area is 158 Å². The van der Waals surface area contributed by atoms with Gasteiger partial charge in [0.1, 0.15) is 17.0 Å². The number of aromatic nitrogens is 2. The zero-order chi connectivity index (χ0) is 18.8. The zero-order valence-electron chi connectivity index (χ0n) is 14.6. The quantitative estimate of drug-likeness (QED) is 0.629. The number of nitrogens with one attached hydrogen (secondary N) is 1. The number of carbonyl (C=O) groups excluding carboxylic acids is 1. The standard InChI is InChI=1S/C19H17F2N3O2S/c1-27-17-23-14(12-4-5-19(20,21)15(12)24-17)10-2-3-11-13(8-10)26-18(6-7-18)9-22-16(11)25/h2-3,8H,4-7,9H2,1H3,(H,22,25). The van der Waals surface area contributed by atoms with Gasteiger partial charge in [0.2, 0.25) is 0 Å². The Morgan fingerprint density at radius 3 is 2.78 bits per heavy atom. The summed E-state index contributed by atoms with van der Waals surface area (Å²) in [7, 11) is 0. The summed E-state index contributed by atoms with van der Waals surface area (Å²) in [4.78, 5) is 20.9. The molecule has 1 aromatic carbocycles. The van der Waals surface area contributed by atoms with Crippen LogP contribution in [0.4, 0.5) is 8.78 Å². The number of fused-ring (bicyclic) bond motifs is 2. The SMILES string of the molecule is CSc1nc(-c2ccc3c(c2)OC2(CC2)CNC3=O)c2c(n1)C(F)(F)CC2. The first kappa shape index (κ1) is 16.9. The molecule has 5 rings (SSSR count). The maximum absolute atomic E-state index is 14.3. The molecule has 0 radical (unpaired) electrons. The van der Waals surface area contributed by atoms with E-state index in [1.807, 2.05) is 0 Å². The maximum atomic E-state index is 14.3. The van der Waals surface area contributed by atoms with Crippen LogP contribution in [0, 0.1) is 0 Å². The van der Waals surface area contributed by atoms with Gasteiger partial charge in [-0.3, -0.25) is 4.79 Å². The molecule has 1 N–H and O–H groups in total. The molecule has 1 spiro atoms. The average molecular weight is 389 g/mol. The Morgan fingerprint density at radius 2 is 2.04 bits per heavy atom. The highest BCUT2D eigenvalue weighted by atomic mass is 32.2. The van der Waals surface area contributed by atoms with Gasteiger partial charge in [-0.1, -0.05) is 17.8 Å². The molecule has 1 aliphatic heterocycles. The van der Waals surface area contributed by atoms with E-state index in [9.17, 15) is 13.6 Å². The van der Waals surface area contributed by atoms with Crippen LogP contribution in [0.25, 0.3) is 11.3 Å².